The van der Waals surface area contributed by atoms with Crippen LogP contribution < -0.4 is 15.5 Å². The van der Waals surface area contributed by atoms with Crippen molar-refractivity contribution in [2.45, 2.75) is 38.7 Å². The van der Waals surface area contributed by atoms with Crippen LogP contribution in [0.1, 0.15) is 31.0 Å². The Balaban J connectivity index is 1.36. The standard InChI is InChI=1S/C23H25F2N5O/c1-15-18-4-3-5-20(19(18)7-11-26-15)29-22(31)28-17-8-12-30(13-9-17)21-14-16(6-10-27-21)23(2,24)25/h3-7,10-11,14,17H,8-9,12-13H2,1-2H3,(H2,28,29,31). The lowest BCUT2D eigenvalue weighted by Gasteiger charge is -2.33. The van der Waals surface area contributed by atoms with Gasteiger partial charge in [-0.25, -0.2) is 18.6 Å². The van der Waals surface area contributed by atoms with E-state index in [-0.39, 0.29) is 17.6 Å². The van der Waals surface area contributed by atoms with Crippen LogP contribution in [-0.4, -0.2) is 35.1 Å². The Hall–Kier alpha value is -3.29. The minimum Gasteiger partial charge on any atom is -0.356 e. The van der Waals surface area contributed by atoms with E-state index in [9.17, 15) is 13.6 Å². The molecule has 8 heteroatoms. The number of pyridine rings is 2. The lowest BCUT2D eigenvalue weighted by molar-refractivity contribution is 0.0174. The van der Waals surface area contributed by atoms with Crippen molar-refractivity contribution in [3.8, 4) is 0 Å². The Morgan fingerprint density at radius 2 is 1.84 bits per heavy atom. The molecule has 1 fully saturated rings. The SMILES string of the molecule is Cc1nccc2c(NC(=O)NC3CCN(c4cc(C(C)(F)F)ccn4)CC3)cccc12. The molecule has 0 unspecified atom stereocenters. The Morgan fingerprint density at radius 3 is 2.58 bits per heavy atom. The number of carbonyl (C=O) groups is 1. The van der Waals surface area contributed by atoms with E-state index in [0.29, 0.717) is 31.7 Å². The van der Waals surface area contributed by atoms with Crippen LogP contribution in [0.2, 0.25) is 0 Å². The van der Waals surface area contributed by atoms with Gasteiger partial charge in [0.25, 0.3) is 5.92 Å². The van der Waals surface area contributed by atoms with Gasteiger partial charge in [0.2, 0.25) is 0 Å². The molecular formula is C23H25F2N5O. The maximum absolute atomic E-state index is 13.6. The summed E-state index contributed by atoms with van der Waals surface area (Å²) in [6.45, 7) is 4.09. The van der Waals surface area contributed by atoms with Crippen molar-refractivity contribution in [2.24, 2.45) is 0 Å². The van der Waals surface area contributed by atoms with E-state index in [1.807, 2.05) is 36.1 Å². The fourth-order valence-electron chi connectivity index (χ4n) is 3.92. The first-order valence-electron chi connectivity index (χ1n) is 10.3. The number of alkyl halides is 2. The second-order valence-corrected chi connectivity index (χ2v) is 7.95. The summed E-state index contributed by atoms with van der Waals surface area (Å²) in [4.78, 5) is 23.1. The summed E-state index contributed by atoms with van der Waals surface area (Å²) in [5, 5.41) is 7.90. The molecule has 31 heavy (non-hydrogen) atoms. The monoisotopic (exact) mass is 425 g/mol. The van der Waals surface area contributed by atoms with Gasteiger partial charge in [-0.3, -0.25) is 4.98 Å². The number of halogens is 2. The van der Waals surface area contributed by atoms with E-state index >= 15 is 0 Å². The number of aryl methyl sites for hydroxylation is 1. The number of nitrogens with zero attached hydrogens (tertiary/aromatic N) is 3. The summed E-state index contributed by atoms with van der Waals surface area (Å²) in [6, 6.07) is 10.2. The summed E-state index contributed by atoms with van der Waals surface area (Å²) in [7, 11) is 0. The fraction of sp³-hybridized carbons (Fsp3) is 0.348. The van der Waals surface area contributed by atoms with Gasteiger partial charge in [0, 0.05) is 60.5 Å². The van der Waals surface area contributed by atoms with Gasteiger partial charge in [0.15, 0.2) is 0 Å². The molecule has 2 aromatic heterocycles. The fourth-order valence-corrected chi connectivity index (χ4v) is 3.92. The van der Waals surface area contributed by atoms with Crippen molar-refractivity contribution in [1.29, 1.82) is 0 Å². The topological polar surface area (TPSA) is 70.2 Å². The summed E-state index contributed by atoms with van der Waals surface area (Å²) in [5.41, 5.74) is 1.60. The Morgan fingerprint density at radius 1 is 1.10 bits per heavy atom. The predicted molar refractivity (Wildman–Crippen MR) is 118 cm³/mol. The predicted octanol–water partition coefficient (Wildman–Crippen LogP) is 4.84. The maximum atomic E-state index is 13.6. The summed E-state index contributed by atoms with van der Waals surface area (Å²) < 4.78 is 27.2. The molecule has 0 aliphatic carbocycles. The molecule has 1 saturated heterocycles. The normalized spacial score (nSPS) is 15.2. The van der Waals surface area contributed by atoms with Crippen molar-refractivity contribution >= 4 is 28.3 Å². The number of anilines is 2. The molecule has 0 atom stereocenters. The highest BCUT2D eigenvalue weighted by molar-refractivity contribution is 6.02. The minimum atomic E-state index is -2.90. The van der Waals surface area contributed by atoms with Crippen LogP contribution in [0.5, 0.6) is 0 Å². The first-order valence-corrected chi connectivity index (χ1v) is 10.3. The van der Waals surface area contributed by atoms with E-state index < -0.39 is 5.92 Å². The molecule has 4 rings (SSSR count). The number of fused-ring (bicyclic) bond motifs is 1. The van der Waals surface area contributed by atoms with Crippen LogP contribution in [0, 0.1) is 6.92 Å². The molecular weight excluding hydrogens is 400 g/mol. The van der Waals surface area contributed by atoms with Crippen molar-refractivity contribution < 1.29 is 13.6 Å². The van der Waals surface area contributed by atoms with Gasteiger partial charge in [-0.1, -0.05) is 12.1 Å². The molecule has 0 radical (unpaired) electrons. The van der Waals surface area contributed by atoms with Crippen LogP contribution in [0.4, 0.5) is 25.1 Å². The molecule has 2 amide bonds. The highest BCUT2D eigenvalue weighted by Gasteiger charge is 2.27. The van der Waals surface area contributed by atoms with Gasteiger partial charge in [-0.15, -0.1) is 0 Å². The largest absolute Gasteiger partial charge is 0.356 e. The third-order valence-electron chi connectivity index (χ3n) is 5.66. The highest BCUT2D eigenvalue weighted by atomic mass is 19.3. The number of piperidine rings is 1. The number of rotatable bonds is 4. The van der Waals surface area contributed by atoms with Crippen molar-refractivity contribution in [3.63, 3.8) is 0 Å². The third kappa shape index (κ3) is 4.73. The van der Waals surface area contributed by atoms with Gasteiger partial charge in [0.05, 0.1) is 5.69 Å². The summed E-state index contributed by atoms with van der Waals surface area (Å²) in [5.74, 6) is -2.35. The Kier molecular flexibility index (Phi) is 5.71. The lowest BCUT2D eigenvalue weighted by Crippen LogP contribution is -2.46. The van der Waals surface area contributed by atoms with Gasteiger partial charge >= 0.3 is 6.03 Å². The average molecular weight is 425 g/mol. The zero-order valence-electron chi connectivity index (χ0n) is 17.5. The number of benzene rings is 1. The Bertz CT molecular complexity index is 1090. The van der Waals surface area contributed by atoms with Crippen LogP contribution in [-0.2, 0) is 5.92 Å². The molecule has 2 N–H and O–H groups in total. The van der Waals surface area contributed by atoms with Crippen LogP contribution in [0.25, 0.3) is 10.8 Å². The first-order chi connectivity index (χ1) is 14.8. The molecule has 0 bridgehead atoms. The molecule has 1 aliphatic rings. The zero-order chi connectivity index (χ0) is 22.0. The molecule has 0 saturated carbocycles. The van der Waals surface area contributed by atoms with Crippen molar-refractivity contribution in [2.75, 3.05) is 23.3 Å². The number of carbonyl (C=O) groups excluding carboxylic acids is 1. The second kappa shape index (κ2) is 8.45. The number of hydrogen-bond acceptors (Lipinski definition) is 4. The van der Waals surface area contributed by atoms with Crippen LogP contribution >= 0.6 is 0 Å². The summed E-state index contributed by atoms with van der Waals surface area (Å²) in [6.07, 6.45) is 4.57. The number of hydrogen-bond donors (Lipinski definition) is 2. The molecule has 6 nitrogen and oxygen atoms in total. The average Bonchev–Trinajstić information content (AvgIpc) is 2.74. The lowest BCUT2D eigenvalue weighted by atomic mass is 10.0. The van der Waals surface area contributed by atoms with Crippen LogP contribution in [0.3, 0.4) is 0 Å². The van der Waals surface area contributed by atoms with Gasteiger partial charge < -0.3 is 15.5 Å². The summed E-state index contributed by atoms with van der Waals surface area (Å²) >= 11 is 0. The first kappa shape index (κ1) is 21.0. The van der Waals surface area contributed by atoms with E-state index in [4.69, 9.17) is 0 Å². The van der Waals surface area contributed by atoms with Crippen LogP contribution in [0.15, 0.2) is 48.8 Å². The molecule has 1 aromatic carbocycles. The van der Waals surface area contributed by atoms with Gasteiger partial charge in [0.1, 0.15) is 5.82 Å². The molecule has 1 aliphatic heterocycles. The second-order valence-electron chi connectivity index (χ2n) is 7.95. The van der Waals surface area contributed by atoms with Gasteiger partial charge in [-0.05, 0) is 44.0 Å². The maximum Gasteiger partial charge on any atom is 0.319 e. The molecule has 0 spiro atoms. The van der Waals surface area contributed by atoms with E-state index in [1.54, 1.807) is 6.20 Å². The number of urea groups is 1. The molecule has 162 valence electrons. The van der Waals surface area contributed by atoms with Crippen molar-refractivity contribution in [1.82, 2.24) is 15.3 Å². The van der Waals surface area contributed by atoms with Crippen molar-refractivity contribution in [3.05, 3.63) is 60.0 Å². The third-order valence-corrected chi connectivity index (χ3v) is 5.66. The number of nitrogens with one attached hydrogen (secondary N) is 2. The van der Waals surface area contributed by atoms with E-state index in [2.05, 4.69) is 20.6 Å². The smallest absolute Gasteiger partial charge is 0.319 e. The minimum absolute atomic E-state index is 0.00503. The van der Waals surface area contributed by atoms with E-state index in [1.165, 1.54) is 18.3 Å². The Labute approximate surface area is 179 Å². The highest BCUT2D eigenvalue weighted by Crippen LogP contribution is 2.29. The zero-order valence-corrected chi connectivity index (χ0v) is 17.5. The quantitative estimate of drug-likeness (QED) is 0.628. The molecule has 3 heterocycles. The number of amides is 2. The van der Waals surface area contributed by atoms with E-state index in [0.717, 1.165) is 29.1 Å². The molecule has 3 aromatic rings. The van der Waals surface area contributed by atoms with Gasteiger partial charge in [-0.2, -0.15) is 0 Å². The number of aromatic nitrogens is 2.